The first-order valence-electron chi connectivity index (χ1n) is 5.71. The molecule has 0 aromatic heterocycles. The van der Waals surface area contributed by atoms with Crippen molar-refractivity contribution in [2.24, 2.45) is 11.8 Å². The number of hydrogen-bond donors (Lipinski definition) is 2. The molecule has 18 heavy (non-hydrogen) atoms. The molecule has 96 valence electrons. The van der Waals surface area contributed by atoms with Crippen molar-refractivity contribution in [3.05, 3.63) is 60.2 Å². The molecule has 4 heteroatoms. The fraction of sp³-hybridized carbons (Fsp3) is 0.214. The average molecular weight is 284 g/mol. The average Bonchev–Trinajstić information content (AvgIpc) is 2.85. The van der Waals surface area contributed by atoms with Crippen molar-refractivity contribution in [2.45, 2.75) is 12.3 Å². The summed E-state index contributed by atoms with van der Waals surface area (Å²) in [6.45, 7) is 0. The molecule has 1 fully saturated rings. The number of nitrogens with one attached hydrogen (secondary N) is 1. The molecule has 3 rings (SSSR count). The predicted octanol–water partition coefficient (Wildman–Crippen LogP) is 1.90. The second-order valence-corrected chi connectivity index (χ2v) is 4.14. The van der Waals surface area contributed by atoms with E-state index in [-0.39, 0.29) is 28.9 Å². The van der Waals surface area contributed by atoms with Gasteiger partial charge >= 0.3 is 17.1 Å². The van der Waals surface area contributed by atoms with E-state index in [2.05, 4.69) is 17.6 Å². The first-order chi connectivity index (χ1) is 8.33. The van der Waals surface area contributed by atoms with Crippen molar-refractivity contribution in [3.63, 3.8) is 0 Å². The second-order valence-electron chi connectivity index (χ2n) is 4.14. The molecule has 1 saturated carbocycles. The van der Waals surface area contributed by atoms with Gasteiger partial charge in [0.25, 0.3) is 0 Å². The summed E-state index contributed by atoms with van der Waals surface area (Å²) in [5.74, 6) is 5.50. The Hall–Kier alpha value is -1.35. The smallest absolute Gasteiger partial charge is 0.294 e. The number of rotatable bonds is 2. The van der Waals surface area contributed by atoms with E-state index in [0.717, 1.165) is 6.42 Å². The molecule has 0 heterocycles. The van der Waals surface area contributed by atoms with Gasteiger partial charge < -0.3 is 0 Å². The van der Waals surface area contributed by atoms with Gasteiger partial charge in [0.15, 0.2) is 0 Å². The Balaban J connectivity index is 0.000000230. The van der Waals surface area contributed by atoms with Gasteiger partial charge in [0.05, 0.1) is 0 Å². The first kappa shape index (κ1) is 14.7. The maximum atomic E-state index is 11.0. The summed E-state index contributed by atoms with van der Waals surface area (Å²) in [6.07, 6.45) is 0.938. The van der Waals surface area contributed by atoms with E-state index < -0.39 is 0 Å². The Bertz CT molecular complexity index is 419. The summed E-state index contributed by atoms with van der Waals surface area (Å²) >= 11 is 0. The van der Waals surface area contributed by atoms with Crippen molar-refractivity contribution < 1.29 is 21.9 Å². The van der Waals surface area contributed by atoms with Crippen molar-refractivity contribution in [1.82, 2.24) is 5.43 Å². The zero-order valence-electron chi connectivity index (χ0n) is 9.90. The molecular formula is C14H16FeN2O. The van der Waals surface area contributed by atoms with Crippen LogP contribution in [0.25, 0.3) is 0 Å². The molecule has 2 atom stereocenters. The van der Waals surface area contributed by atoms with Crippen LogP contribution < -0.4 is 11.3 Å². The zero-order chi connectivity index (χ0) is 12.1. The third-order valence-electron chi connectivity index (χ3n) is 2.94. The molecule has 0 unspecified atom stereocenters. The summed E-state index contributed by atoms with van der Waals surface area (Å²) in [5, 5.41) is 0. The maximum Gasteiger partial charge on any atom is 2.00 e. The molecule has 1 aliphatic carbocycles. The van der Waals surface area contributed by atoms with Gasteiger partial charge in [0.2, 0.25) is 5.91 Å². The van der Waals surface area contributed by atoms with E-state index in [1.165, 1.54) is 5.56 Å². The normalized spacial score (nSPS) is 20.1. The minimum atomic E-state index is -0.0406. The summed E-state index contributed by atoms with van der Waals surface area (Å²) in [5.41, 5.74) is 3.43. The van der Waals surface area contributed by atoms with Crippen LogP contribution in [0.4, 0.5) is 0 Å². The van der Waals surface area contributed by atoms with E-state index in [4.69, 9.17) is 5.84 Å². The third kappa shape index (κ3) is 3.84. The SMILES string of the molecule is NNC(=O)[C@@H]1C[C@@H]1c1ccc[cH-]1.[Fe+2].c1cc[cH-]c1. The van der Waals surface area contributed by atoms with Gasteiger partial charge in [-0.1, -0.05) is 0 Å². The van der Waals surface area contributed by atoms with E-state index in [1.54, 1.807) is 0 Å². The number of nitrogens with two attached hydrogens (primary N) is 1. The quantitative estimate of drug-likeness (QED) is 0.291. The Morgan fingerprint density at radius 2 is 2.00 bits per heavy atom. The van der Waals surface area contributed by atoms with Crippen LogP contribution >= 0.6 is 0 Å². The molecule has 3 nitrogen and oxygen atoms in total. The van der Waals surface area contributed by atoms with Crippen molar-refractivity contribution in [3.8, 4) is 0 Å². The van der Waals surface area contributed by atoms with Gasteiger partial charge in [-0.05, 0) is 12.3 Å². The fourth-order valence-corrected chi connectivity index (χ4v) is 1.92. The number of hydrazine groups is 1. The summed E-state index contributed by atoms with van der Waals surface area (Å²) < 4.78 is 0. The third-order valence-corrected chi connectivity index (χ3v) is 2.94. The minimum Gasteiger partial charge on any atom is -0.294 e. The molecule has 1 amide bonds. The van der Waals surface area contributed by atoms with Crippen LogP contribution in [-0.2, 0) is 21.9 Å². The fourth-order valence-electron chi connectivity index (χ4n) is 1.92. The van der Waals surface area contributed by atoms with Crippen molar-refractivity contribution >= 4 is 5.91 Å². The van der Waals surface area contributed by atoms with Crippen LogP contribution in [0.5, 0.6) is 0 Å². The molecule has 0 saturated heterocycles. The van der Waals surface area contributed by atoms with Gasteiger partial charge in [-0.15, -0.1) is 0 Å². The minimum absolute atomic E-state index is 0. The second kappa shape index (κ2) is 7.17. The Kier molecular flexibility index (Phi) is 5.86. The van der Waals surface area contributed by atoms with Gasteiger partial charge in [-0.25, -0.2) is 30.1 Å². The van der Waals surface area contributed by atoms with E-state index in [0.29, 0.717) is 5.92 Å². The largest absolute Gasteiger partial charge is 2.00 e. The zero-order valence-corrected chi connectivity index (χ0v) is 11.0. The van der Waals surface area contributed by atoms with Crippen LogP contribution in [0.3, 0.4) is 0 Å². The predicted molar refractivity (Wildman–Crippen MR) is 67.2 cm³/mol. The molecule has 0 spiro atoms. The first-order valence-corrected chi connectivity index (χ1v) is 5.71. The van der Waals surface area contributed by atoms with Gasteiger partial charge in [-0.3, -0.25) is 10.2 Å². The monoisotopic (exact) mass is 284 g/mol. The van der Waals surface area contributed by atoms with Crippen LogP contribution in [-0.4, -0.2) is 5.91 Å². The van der Waals surface area contributed by atoms with E-state index in [9.17, 15) is 4.79 Å². The van der Waals surface area contributed by atoms with E-state index in [1.807, 2.05) is 42.5 Å². The molecular weight excluding hydrogens is 268 g/mol. The Morgan fingerprint density at radius 3 is 2.44 bits per heavy atom. The molecule has 0 bridgehead atoms. The number of hydrogen-bond acceptors (Lipinski definition) is 2. The molecule has 3 N–H and O–H groups in total. The number of carbonyl (C=O) groups excluding carboxylic acids is 1. The molecule has 1 aliphatic rings. The molecule has 0 radical (unpaired) electrons. The van der Waals surface area contributed by atoms with Crippen molar-refractivity contribution in [2.75, 3.05) is 0 Å². The maximum absolute atomic E-state index is 11.0. The number of amides is 1. The van der Waals surface area contributed by atoms with E-state index >= 15 is 0 Å². The van der Waals surface area contributed by atoms with Crippen LogP contribution in [0, 0.1) is 5.92 Å². The van der Waals surface area contributed by atoms with Gasteiger partial charge in [-0.2, -0.15) is 35.9 Å². The standard InChI is InChI=1S/C9H11N2O.C5H5.Fe/c10-11-9(12)8-5-7(8)6-3-1-2-4-6;1-2-4-5-3-1;/h1-4,7-8H,5,10H2,(H,11,12);1-5H;/q2*-1;+2/t7-,8-;;/m1../s1. The molecule has 2 aromatic carbocycles. The van der Waals surface area contributed by atoms with Gasteiger partial charge in [0.1, 0.15) is 0 Å². The van der Waals surface area contributed by atoms with Crippen molar-refractivity contribution in [1.29, 1.82) is 0 Å². The molecule has 0 aliphatic heterocycles. The van der Waals surface area contributed by atoms with Crippen LogP contribution in [0.1, 0.15) is 17.9 Å². The Labute approximate surface area is 118 Å². The van der Waals surface area contributed by atoms with Gasteiger partial charge in [0, 0.05) is 5.92 Å². The van der Waals surface area contributed by atoms with Crippen LogP contribution in [0.15, 0.2) is 54.6 Å². The number of carbonyl (C=O) groups is 1. The summed E-state index contributed by atoms with van der Waals surface area (Å²) in [7, 11) is 0. The molecule has 2 aromatic rings. The van der Waals surface area contributed by atoms with Crippen LogP contribution in [0.2, 0.25) is 0 Å². The summed E-state index contributed by atoms with van der Waals surface area (Å²) in [4.78, 5) is 11.0. The topological polar surface area (TPSA) is 55.1 Å². The summed E-state index contributed by atoms with van der Waals surface area (Å²) in [6, 6.07) is 18.1. The Morgan fingerprint density at radius 1 is 1.28 bits per heavy atom.